The number of rotatable bonds is 6. The molecule has 2 heterocycles. The molecule has 4 rings (SSSR count). The molecule has 0 unspecified atom stereocenters. The van der Waals surface area contributed by atoms with Crippen molar-refractivity contribution in [3.63, 3.8) is 0 Å². The molecular formula is C23H25N3O2. The number of imidazole rings is 1. The van der Waals surface area contributed by atoms with Crippen molar-refractivity contribution in [2.75, 3.05) is 13.1 Å². The molecule has 0 radical (unpaired) electrons. The molecule has 0 spiro atoms. The predicted molar refractivity (Wildman–Crippen MR) is 108 cm³/mol. The minimum atomic E-state index is -0.862. The molecule has 1 aromatic heterocycles. The molecule has 0 bridgehead atoms. The quantitative estimate of drug-likeness (QED) is 0.707. The lowest BCUT2D eigenvalue weighted by molar-refractivity contribution is 0.0696. The zero-order chi connectivity index (χ0) is 19.3. The van der Waals surface area contributed by atoms with Gasteiger partial charge in [0, 0.05) is 25.8 Å². The van der Waals surface area contributed by atoms with Gasteiger partial charge in [0.05, 0.1) is 17.6 Å². The Morgan fingerprint density at radius 2 is 1.96 bits per heavy atom. The average Bonchev–Trinajstić information content (AvgIpc) is 3.15. The monoisotopic (exact) mass is 375 g/mol. The van der Waals surface area contributed by atoms with Crippen LogP contribution in [0.2, 0.25) is 0 Å². The van der Waals surface area contributed by atoms with Crippen molar-refractivity contribution in [3.8, 4) is 0 Å². The third-order valence-electron chi connectivity index (χ3n) is 5.49. The van der Waals surface area contributed by atoms with Gasteiger partial charge in [-0.1, -0.05) is 42.5 Å². The third kappa shape index (κ3) is 4.31. The Morgan fingerprint density at radius 3 is 2.79 bits per heavy atom. The van der Waals surface area contributed by atoms with Crippen LogP contribution >= 0.6 is 0 Å². The van der Waals surface area contributed by atoms with Gasteiger partial charge < -0.3 is 9.67 Å². The fraction of sp³-hybridized carbons (Fsp3) is 0.304. The van der Waals surface area contributed by atoms with E-state index in [4.69, 9.17) is 0 Å². The average molecular weight is 375 g/mol. The van der Waals surface area contributed by atoms with Crippen molar-refractivity contribution in [2.45, 2.75) is 31.8 Å². The maximum absolute atomic E-state index is 11.3. The molecule has 0 aliphatic carbocycles. The van der Waals surface area contributed by atoms with Crippen LogP contribution < -0.4 is 0 Å². The summed E-state index contributed by atoms with van der Waals surface area (Å²) in [5.41, 5.74) is 3.98. The molecule has 1 aliphatic heterocycles. The van der Waals surface area contributed by atoms with E-state index in [-0.39, 0.29) is 0 Å². The molecule has 1 saturated heterocycles. The number of carboxylic acids is 1. The van der Waals surface area contributed by atoms with Crippen LogP contribution in [0.15, 0.2) is 67.1 Å². The minimum Gasteiger partial charge on any atom is -0.478 e. The highest BCUT2D eigenvalue weighted by Crippen LogP contribution is 2.28. The lowest BCUT2D eigenvalue weighted by Crippen LogP contribution is -2.34. The first-order valence-corrected chi connectivity index (χ1v) is 9.77. The summed E-state index contributed by atoms with van der Waals surface area (Å²) < 4.78 is 2.21. The van der Waals surface area contributed by atoms with Crippen LogP contribution in [0.25, 0.3) is 0 Å². The van der Waals surface area contributed by atoms with E-state index in [0.29, 0.717) is 11.5 Å². The number of piperidine rings is 1. The highest BCUT2D eigenvalue weighted by atomic mass is 16.4. The number of carboxylic acid groups (broad SMARTS) is 1. The summed E-state index contributed by atoms with van der Waals surface area (Å²) in [6, 6.07) is 17.8. The number of likely N-dealkylation sites (tertiary alicyclic amines) is 1. The molecule has 28 heavy (non-hydrogen) atoms. The fourth-order valence-corrected chi connectivity index (χ4v) is 4.03. The summed E-state index contributed by atoms with van der Waals surface area (Å²) in [7, 11) is 0. The molecule has 1 atom stereocenters. The highest BCUT2D eigenvalue weighted by Gasteiger charge is 2.23. The van der Waals surface area contributed by atoms with Crippen LogP contribution in [0.5, 0.6) is 0 Å². The van der Waals surface area contributed by atoms with Crippen LogP contribution in [0.4, 0.5) is 0 Å². The van der Waals surface area contributed by atoms with E-state index in [1.807, 2.05) is 30.7 Å². The van der Waals surface area contributed by atoms with Gasteiger partial charge in [-0.3, -0.25) is 4.90 Å². The lowest BCUT2D eigenvalue weighted by Gasteiger charge is -2.33. The molecule has 1 N–H and O–H groups in total. The van der Waals surface area contributed by atoms with E-state index in [1.165, 1.54) is 11.3 Å². The smallest absolute Gasteiger partial charge is 0.335 e. The second-order valence-corrected chi connectivity index (χ2v) is 7.50. The number of nitrogens with zero attached hydrogens (tertiary/aromatic N) is 3. The summed E-state index contributed by atoms with van der Waals surface area (Å²) in [5, 5.41) is 9.26. The number of benzene rings is 2. The molecule has 3 aromatic rings. The number of aromatic nitrogens is 2. The van der Waals surface area contributed by atoms with Gasteiger partial charge in [0.15, 0.2) is 0 Å². The topological polar surface area (TPSA) is 58.4 Å². The SMILES string of the molecule is O=C(O)c1cccc([C@@H]2CCCN(Cc3cncn3Cc3ccccc3)C2)c1. The Morgan fingerprint density at radius 1 is 1.11 bits per heavy atom. The first kappa shape index (κ1) is 18.4. The minimum absolute atomic E-state index is 0.371. The molecule has 2 aromatic carbocycles. The van der Waals surface area contributed by atoms with Gasteiger partial charge in [-0.25, -0.2) is 9.78 Å². The predicted octanol–water partition coefficient (Wildman–Crippen LogP) is 4.01. The molecule has 0 saturated carbocycles. The normalized spacial score (nSPS) is 17.5. The van der Waals surface area contributed by atoms with E-state index in [1.54, 1.807) is 6.07 Å². The van der Waals surface area contributed by atoms with E-state index in [9.17, 15) is 9.90 Å². The number of hydrogen-bond acceptors (Lipinski definition) is 3. The Hall–Kier alpha value is -2.92. The molecular weight excluding hydrogens is 350 g/mol. The first-order valence-electron chi connectivity index (χ1n) is 9.77. The number of carbonyl (C=O) groups is 1. The largest absolute Gasteiger partial charge is 0.478 e. The molecule has 0 amide bonds. The molecule has 1 aliphatic rings. The summed E-state index contributed by atoms with van der Waals surface area (Å²) in [5.74, 6) is -0.488. The second kappa shape index (κ2) is 8.40. The van der Waals surface area contributed by atoms with Gasteiger partial charge in [-0.05, 0) is 48.6 Å². The summed E-state index contributed by atoms with van der Waals surface area (Å²) in [4.78, 5) is 18.1. The Kier molecular flexibility index (Phi) is 5.53. The van der Waals surface area contributed by atoms with E-state index >= 15 is 0 Å². The van der Waals surface area contributed by atoms with Crippen LogP contribution in [-0.4, -0.2) is 38.6 Å². The second-order valence-electron chi connectivity index (χ2n) is 7.50. The third-order valence-corrected chi connectivity index (χ3v) is 5.49. The van der Waals surface area contributed by atoms with Crippen molar-refractivity contribution < 1.29 is 9.90 Å². The van der Waals surface area contributed by atoms with Crippen LogP contribution in [0.1, 0.15) is 45.9 Å². The highest BCUT2D eigenvalue weighted by molar-refractivity contribution is 5.87. The van der Waals surface area contributed by atoms with Crippen molar-refractivity contribution in [1.82, 2.24) is 14.5 Å². The summed E-state index contributed by atoms with van der Waals surface area (Å²) in [6.45, 7) is 3.70. The maximum atomic E-state index is 11.3. The van der Waals surface area contributed by atoms with Crippen molar-refractivity contribution >= 4 is 5.97 Å². The van der Waals surface area contributed by atoms with Crippen LogP contribution in [0, 0.1) is 0 Å². The molecule has 144 valence electrons. The van der Waals surface area contributed by atoms with Crippen molar-refractivity contribution in [3.05, 3.63) is 89.5 Å². The van der Waals surface area contributed by atoms with E-state index in [2.05, 4.69) is 44.8 Å². The van der Waals surface area contributed by atoms with Gasteiger partial charge in [0.25, 0.3) is 0 Å². The van der Waals surface area contributed by atoms with Gasteiger partial charge in [-0.2, -0.15) is 0 Å². The summed E-state index contributed by atoms with van der Waals surface area (Å²) in [6.07, 6.45) is 6.08. The van der Waals surface area contributed by atoms with Gasteiger partial charge >= 0.3 is 5.97 Å². The number of hydrogen-bond donors (Lipinski definition) is 1. The van der Waals surface area contributed by atoms with Gasteiger partial charge in [0.2, 0.25) is 0 Å². The summed E-state index contributed by atoms with van der Waals surface area (Å²) >= 11 is 0. The van der Waals surface area contributed by atoms with Gasteiger partial charge in [0.1, 0.15) is 0 Å². The zero-order valence-electron chi connectivity index (χ0n) is 15.9. The Balaban J connectivity index is 1.44. The standard InChI is InChI=1S/C23H25N3O2/c27-23(28)20-9-4-8-19(12-20)21-10-5-11-25(15-21)16-22-13-24-17-26(22)14-18-6-2-1-3-7-18/h1-4,6-9,12-13,17,21H,5,10-11,14-16H2,(H,27,28)/t21-/m1/s1. The molecule has 5 heteroatoms. The lowest BCUT2D eigenvalue weighted by atomic mass is 9.89. The number of aromatic carboxylic acids is 1. The van der Waals surface area contributed by atoms with Gasteiger partial charge in [-0.15, -0.1) is 0 Å². The van der Waals surface area contributed by atoms with Crippen LogP contribution in [-0.2, 0) is 13.1 Å². The van der Waals surface area contributed by atoms with Crippen LogP contribution in [0.3, 0.4) is 0 Å². The Labute approximate surface area is 165 Å². The van der Waals surface area contributed by atoms with E-state index in [0.717, 1.165) is 44.6 Å². The fourth-order valence-electron chi connectivity index (χ4n) is 4.03. The first-order chi connectivity index (χ1) is 13.7. The maximum Gasteiger partial charge on any atom is 0.335 e. The van der Waals surface area contributed by atoms with Crippen molar-refractivity contribution in [1.29, 1.82) is 0 Å². The Bertz CT molecular complexity index is 936. The molecule has 5 nitrogen and oxygen atoms in total. The van der Waals surface area contributed by atoms with E-state index < -0.39 is 5.97 Å². The zero-order valence-corrected chi connectivity index (χ0v) is 15.9. The molecule has 1 fully saturated rings. The van der Waals surface area contributed by atoms with Crippen molar-refractivity contribution in [2.24, 2.45) is 0 Å².